The Kier molecular flexibility index (Phi) is 7.01. The van der Waals surface area contributed by atoms with Crippen LogP contribution in [-0.4, -0.2) is 34.8 Å². The Morgan fingerprint density at radius 3 is 2.44 bits per heavy atom. The van der Waals surface area contributed by atoms with Crippen LogP contribution in [0.5, 0.6) is 5.75 Å². The number of nitrogens with two attached hydrogens (primary N) is 1. The highest BCUT2D eigenvalue weighted by Crippen LogP contribution is 2.17. The van der Waals surface area contributed by atoms with Crippen LogP contribution in [0.4, 0.5) is 0 Å². The number of nitrogens with zero attached hydrogens (tertiary/aromatic N) is 1. The summed E-state index contributed by atoms with van der Waals surface area (Å²) >= 11 is 1.46. The molecule has 1 atom stereocenters. The minimum Gasteiger partial charge on any atom is -0.493 e. The molecular formula is C19H22N2O3S. The van der Waals surface area contributed by atoms with E-state index in [2.05, 4.69) is 4.98 Å². The highest BCUT2D eigenvalue weighted by molar-refractivity contribution is 7.99. The van der Waals surface area contributed by atoms with Gasteiger partial charge in [0, 0.05) is 23.9 Å². The number of hydrogen-bond acceptors (Lipinski definition) is 5. The van der Waals surface area contributed by atoms with E-state index in [1.54, 1.807) is 12.3 Å². The van der Waals surface area contributed by atoms with E-state index < -0.39 is 0 Å². The molecule has 25 heavy (non-hydrogen) atoms. The van der Waals surface area contributed by atoms with Gasteiger partial charge in [-0.15, -0.1) is 0 Å². The molecule has 0 aliphatic heterocycles. The number of ether oxygens (including phenoxy) is 1. The largest absolute Gasteiger partial charge is 0.493 e. The van der Waals surface area contributed by atoms with Crippen molar-refractivity contribution >= 4 is 23.5 Å². The normalized spacial score (nSPS) is 11.8. The SMILES string of the molecule is CS[C@@H](Cc1ccc(OCCc2ccc(C(C)=O)cn2)cc1)C(N)=O. The first-order valence-corrected chi connectivity index (χ1v) is 9.28. The van der Waals surface area contributed by atoms with Crippen molar-refractivity contribution in [2.45, 2.75) is 25.0 Å². The third-order valence-electron chi connectivity index (χ3n) is 3.80. The second-order valence-electron chi connectivity index (χ2n) is 5.67. The van der Waals surface area contributed by atoms with Crippen LogP contribution in [0.25, 0.3) is 0 Å². The summed E-state index contributed by atoms with van der Waals surface area (Å²) in [5.74, 6) is 0.482. The van der Waals surface area contributed by atoms with Crippen LogP contribution < -0.4 is 10.5 Å². The van der Waals surface area contributed by atoms with E-state index >= 15 is 0 Å². The Morgan fingerprint density at radius 1 is 1.20 bits per heavy atom. The number of primary amides is 1. The predicted octanol–water partition coefficient (Wildman–Crippen LogP) is 2.67. The third-order valence-corrected chi connectivity index (χ3v) is 4.77. The van der Waals surface area contributed by atoms with Crippen molar-refractivity contribution in [1.82, 2.24) is 4.98 Å². The number of pyridine rings is 1. The molecule has 0 unspecified atom stereocenters. The lowest BCUT2D eigenvalue weighted by atomic mass is 10.1. The molecule has 0 fully saturated rings. The molecule has 1 aromatic carbocycles. The lowest BCUT2D eigenvalue weighted by molar-refractivity contribution is -0.117. The molecule has 6 heteroatoms. The second kappa shape index (κ2) is 9.22. The first kappa shape index (κ1) is 19.0. The van der Waals surface area contributed by atoms with E-state index in [9.17, 15) is 9.59 Å². The fourth-order valence-electron chi connectivity index (χ4n) is 2.29. The summed E-state index contributed by atoms with van der Waals surface area (Å²) in [6.07, 6.45) is 4.75. The Balaban J connectivity index is 1.83. The molecule has 0 spiro atoms. The maximum atomic E-state index is 11.3. The minimum absolute atomic E-state index is 0.00966. The zero-order valence-corrected chi connectivity index (χ0v) is 15.2. The molecule has 2 N–H and O–H groups in total. The Labute approximate surface area is 152 Å². The highest BCUT2D eigenvalue weighted by Gasteiger charge is 2.14. The van der Waals surface area contributed by atoms with Crippen molar-refractivity contribution in [3.05, 3.63) is 59.4 Å². The van der Waals surface area contributed by atoms with Gasteiger partial charge >= 0.3 is 0 Å². The monoisotopic (exact) mass is 358 g/mol. The molecule has 5 nitrogen and oxygen atoms in total. The van der Waals surface area contributed by atoms with Crippen molar-refractivity contribution < 1.29 is 14.3 Å². The zero-order valence-electron chi connectivity index (χ0n) is 14.4. The van der Waals surface area contributed by atoms with Gasteiger partial charge in [-0.25, -0.2) is 0 Å². The molecular weight excluding hydrogens is 336 g/mol. The van der Waals surface area contributed by atoms with Crippen molar-refractivity contribution in [3.8, 4) is 5.75 Å². The quantitative estimate of drug-likeness (QED) is 0.697. The Morgan fingerprint density at radius 2 is 1.92 bits per heavy atom. The van der Waals surface area contributed by atoms with Gasteiger partial charge in [0.15, 0.2) is 5.78 Å². The summed E-state index contributed by atoms with van der Waals surface area (Å²) < 4.78 is 5.72. The number of ketones is 1. The lowest BCUT2D eigenvalue weighted by Crippen LogP contribution is -2.27. The molecule has 0 radical (unpaired) electrons. The van der Waals surface area contributed by atoms with Crippen LogP contribution in [0.2, 0.25) is 0 Å². The highest BCUT2D eigenvalue weighted by atomic mass is 32.2. The molecule has 1 aromatic heterocycles. The number of rotatable bonds is 9. The van der Waals surface area contributed by atoms with Crippen LogP contribution in [0.15, 0.2) is 42.6 Å². The smallest absolute Gasteiger partial charge is 0.230 e. The minimum atomic E-state index is -0.295. The standard InChI is InChI=1S/C19H22N2O3S/c1-13(22)15-5-6-16(21-12-15)9-10-24-17-7-3-14(4-8-17)11-18(25-2)19(20)23/h3-8,12,18H,9-11H2,1-2H3,(H2,20,23)/t18-/m0/s1. The Hall–Kier alpha value is -2.34. The molecule has 132 valence electrons. The molecule has 1 heterocycles. The van der Waals surface area contributed by atoms with E-state index in [-0.39, 0.29) is 16.9 Å². The average Bonchev–Trinajstić information content (AvgIpc) is 2.61. The number of carbonyl (C=O) groups excluding carboxylic acids is 2. The van der Waals surface area contributed by atoms with Gasteiger partial charge in [0.05, 0.1) is 11.9 Å². The van der Waals surface area contributed by atoms with Crippen molar-refractivity contribution in [2.75, 3.05) is 12.9 Å². The van der Waals surface area contributed by atoms with Crippen molar-refractivity contribution in [3.63, 3.8) is 0 Å². The summed E-state index contributed by atoms with van der Waals surface area (Å²) in [5.41, 5.74) is 7.90. The molecule has 0 saturated carbocycles. The summed E-state index contributed by atoms with van der Waals surface area (Å²) in [4.78, 5) is 26.8. The fraction of sp³-hybridized carbons (Fsp3) is 0.316. The number of hydrogen-bond donors (Lipinski definition) is 1. The van der Waals surface area contributed by atoms with Gasteiger partial charge in [0.1, 0.15) is 5.75 Å². The van der Waals surface area contributed by atoms with E-state index in [1.165, 1.54) is 18.7 Å². The second-order valence-corrected chi connectivity index (χ2v) is 6.71. The van der Waals surface area contributed by atoms with Gasteiger partial charge < -0.3 is 10.5 Å². The van der Waals surface area contributed by atoms with Crippen LogP contribution in [0.3, 0.4) is 0 Å². The first-order chi connectivity index (χ1) is 12.0. The van der Waals surface area contributed by atoms with E-state index in [0.29, 0.717) is 25.0 Å². The van der Waals surface area contributed by atoms with Crippen LogP contribution in [0.1, 0.15) is 28.5 Å². The van der Waals surface area contributed by atoms with Gasteiger partial charge in [0.25, 0.3) is 0 Å². The summed E-state index contributed by atoms with van der Waals surface area (Å²) in [6, 6.07) is 11.3. The van der Waals surface area contributed by atoms with E-state index in [1.807, 2.05) is 36.6 Å². The third kappa shape index (κ3) is 5.90. The van der Waals surface area contributed by atoms with Crippen LogP contribution >= 0.6 is 11.8 Å². The lowest BCUT2D eigenvalue weighted by Gasteiger charge is -2.11. The molecule has 1 amide bonds. The first-order valence-electron chi connectivity index (χ1n) is 7.99. The van der Waals surface area contributed by atoms with Gasteiger partial charge in [0.2, 0.25) is 5.91 Å². The number of carbonyl (C=O) groups is 2. The molecule has 0 aliphatic rings. The predicted molar refractivity (Wildman–Crippen MR) is 100 cm³/mol. The van der Waals surface area contributed by atoms with Crippen molar-refractivity contribution in [1.29, 1.82) is 0 Å². The van der Waals surface area contributed by atoms with Gasteiger partial charge in [-0.2, -0.15) is 11.8 Å². The number of amides is 1. The number of benzene rings is 1. The summed E-state index contributed by atoms with van der Waals surface area (Å²) in [5, 5.41) is -0.212. The number of Topliss-reactive ketones (excluding diaryl/α,β-unsaturated/α-hetero) is 1. The fourth-order valence-corrected chi connectivity index (χ4v) is 2.88. The molecule has 0 aliphatic carbocycles. The maximum absolute atomic E-state index is 11.3. The maximum Gasteiger partial charge on any atom is 0.230 e. The van der Waals surface area contributed by atoms with Crippen molar-refractivity contribution in [2.24, 2.45) is 5.73 Å². The molecule has 0 saturated heterocycles. The zero-order chi connectivity index (χ0) is 18.2. The van der Waals surface area contributed by atoms with E-state index in [0.717, 1.165) is 17.0 Å². The van der Waals surface area contributed by atoms with Gasteiger partial charge in [-0.3, -0.25) is 14.6 Å². The van der Waals surface area contributed by atoms with Gasteiger partial charge in [-0.05, 0) is 49.4 Å². The van der Waals surface area contributed by atoms with E-state index in [4.69, 9.17) is 10.5 Å². The molecule has 2 aromatic rings. The summed E-state index contributed by atoms with van der Waals surface area (Å²) in [6.45, 7) is 2.02. The Bertz CT molecular complexity index is 714. The topological polar surface area (TPSA) is 82.3 Å². The van der Waals surface area contributed by atoms with Gasteiger partial charge in [-0.1, -0.05) is 12.1 Å². The average molecular weight is 358 g/mol. The number of thioether (sulfide) groups is 1. The summed E-state index contributed by atoms with van der Waals surface area (Å²) in [7, 11) is 0. The number of aromatic nitrogens is 1. The molecule has 2 rings (SSSR count). The van der Waals surface area contributed by atoms with Crippen LogP contribution in [-0.2, 0) is 17.6 Å². The molecule has 0 bridgehead atoms. The van der Waals surface area contributed by atoms with Crippen LogP contribution in [0, 0.1) is 0 Å².